The third kappa shape index (κ3) is 3.18. The monoisotopic (exact) mass is 187 g/mol. The summed E-state index contributed by atoms with van der Waals surface area (Å²) in [6.07, 6.45) is 1.65. The van der Waals surface area contributed by atoms with Crippen molar-refractivity contribution >= 4 is 11.9 Å². The molecule has 0 heterocycles. The zero-order chi connectivity index (χ0) is 9.84. The molecule has 1 saturated carbocycles. The maximum Gasteiger partial charge on any atom is 0.405 e. The number of hydrogen-bond donors (Lipinski definition) is 4. The van der Waals surface area contributed by atoms with E-state index in [2.05, 4.69) is 10.5 Å². The van der Waals surface area contributed by atoms with Gasteiger partial charge in [-0.1, -0.05) is 18.0 Å². The fraction of sp³-hybridized carbons (Fsp3) is 0.714. The molecule has 0 bridgehead atoms. The topological polar surface area (TPSA) is 108 Å². The second-order valence-electron chi connectivity index (χ2n) is 3.21. The number of nitrogens with two attached hydrogens (primary N) is 1. The Kier molecular flexibility index (Phi) is 2.94. The van der Waals surface area contributed by atoms with Crippen LogP contribution in [0.5, 0.6) is 0 Å². The Labute approximate surface area is 75.4 Å². The molecule has 0 aromatic heterocycles. The van der Waals surface area contributed by atoms with Crippen molar-refractivity contribution in [3.63, 3.8) is 0 Å². The highest BCUT2D eigenvalue weighted by molar-refractivity contribution is 5.88. The summed E-state index contributed by atoms with van der Waals surface area (Å²) in [5.41, 5.74) is 5.32. The van der Waals surface area contributed by atoms with Gasteiger partial charge in [0.25, 0.3) is 0 Å². The Morgan fingerprint density at radius 3 is 2.69 bits per heavy atom. The van der Waals surface area contributed by atoms with Gasteiger partial charge in [-0.05, 0) is 12.3 Å². The van der Waals surface area contributed by atoms with Crippen LogP contribution in [-0.4, -0.2) is 28.3 Å². The number of nitrogens with zero attached hydrogens (tertiary/aromatic N) is 1. The molecule has 1 aliphatic carbocycles. The molecule has 1 atom stereocenters. The highest BCUT2D eigenvalue weighted by Gasteiger charge is 2.28. The van der Waals surface area contributed by atoms with Gasteiger partial charge in [0.15, 0.2) is 5.84 Å². The van der Waals surface area contributed by atoms with Crippen LogP contribution in [0.4, 0.5) is 4.79 Å². The molecule has 0 radical (unpaired) electrons. The van der Waals surface area contributed by atoms with E-state index in [0.717, 1.165) is 12.8 Å². The van der Waals surface area contributed by atoms with E-state index in [4.69, 9.17) is 16.0 Å². The summed E-state index contributed by atoms with van der Waals surface area (Å²) in [5.74, 6) is 0.437. The first-order valence-electron chi connectivity index (χ1n) is 4.10. The average Bonchev–Trinajstić information content (AvgIpc) is 2.85. The lowest BCUT2D eigenvalue weighted by molar-refractivity contribution is 0.191. The predicted molar refractivity (Wildman–Crippen MR) is 45.7 cm³/mol. The summed E-state index contributed by atoms with van der Waals surface area (Å²) in [5, 5.41) is 21.8. The van der Waals surface area contributed by atoms with Crippen LogP contribution in [-0.2, 0) is 0 Å². The number of hydrogen-bond acceptors (Lipinski definition) is 3. The fourth-order valence-corrected chi connectivity index (χ4v) is 1.16. The van der Waals surface area contributed by atoms with Crippen LogP contribution >= 0.6 is 0 Å². The number of oxime groups is 1. The Bertz CT molecular complexity index is 225. The predicted octanol–water partition coefficient (Wildman–Crippen LogP) is 0.169. The van der Waals surface area contributed by atoms with Crippen molar-refractivity contribution in [1.29, 1.82) is 0 Å². The molecule has 6 nitrogen and oxygen atoms in total. The Morgan fingerprint density at radius 2 is 2.31 bits per heavy atom. The molecular formula is C7H13N3O3. The molecule has 0 aromatic carbocycles. The minimum absolute atomic E-state index is 0.0747. The van der Waals surface area contributed by atoms with Gasteiger partial charge in [-0.15, -0.1) is 0 Å². The van der Waals surface area contributed by atoms with Crippen molar-refractivity contribution in [2.24, 2.45) is 16.8 Å². The van der Waals surface area contributed by atoms with Gasteiger partial charge >= 0.3 is 6.09 Å². The third-order valence-electron chi connectivity index (χ3n) is 2.04. The number of carboxylic acid groups (broad SMARTS) is 1. The van der Waals surface area contributed by atoms with Crippen LogP contribution in [0.2, 0.25) is 0 Å². The van der Waals surface area contributed by atoms with Crippen LogP contribution in [0, 0.1) is 5.92 Å². The van der Waals surface area contributed by atoms with Gasteiger partial charge in [-0.2, -0.15) is 0 Å². The normalized spacial score (nSPS) is 19.5. The average molecular weight is 187 g/mol. The minimum Gasteiger partial charge on any atom is -0.465 e. The molecule has 5 N–H and O–H groups in total. The Hall–Kier alpha value is -1.46. The van der Waals surface area contributed by atoms with Crippen LogP contribution < -0.4 is 11.1 Å². The van der Waals surface area contributed by atoms with Crippen LogP contribution in [0.15, 0.2) is 5.16 Å². The molecule has 74 valence electrons. The van der Waals surface area contributed by atoms with Gasteiger partial charge in [0, 0.05) is 0 Å². The van der Waals surface area contributed by atoms with Crippen LogP contribution in [0.3, 0.4) is 0 Å². The van der Waals surface area contributed by atoms with Gasteiger partial charge < -0.3 is 21.4 Å². The molecular weight excluding hydrogens is 174 g/mol. The second kappa shape index (κ2) is 3.97. The van der Waals surface area contributed by atoms with Crippen molar-refractivity contribution in [3.8, 4) is 0 Å². The lowest BCUT2D eigenvalue weighted by atomic mass is 10.1. The molecule has 0 saturated heterocycles. The second-order valence-corrected chi connectivity index (χ2v) is 3.21. The maximum atomic E-state index is 10.3. The van der Waals surface area contributed by atoms with Crippen molar-refractivity contribution in [2.75, 3.05) is 0 Å². The standard InChI is InChI=1S/C7H13N3O3/c8-6(10-13)5(9-7(11)12)3-4-1-2-4/h4-5,9,13H,1-3H2,(H2,8,10)(H,11,12). The number of amidine groups is 1. The molecule has 1 unspecified atom stereocenters. The summed E-state index contributed by atoms with van der Waals surface area (Å²) in [6, 6.07) is -0.560. The Morgan fingerprint density at radius 1 is 1.69 bits per heavy atom. The molecule has 1 fully saturated rings. The lowest BCUT2D eigenvalue weighted by Gasteiger charge is -2.14. The molecule has 6 heteroatoms. The zero-order valence-corrected chi connectivity index (χ0v) is 7.10. The zero-order valence-electron chi connectivity index (χ0n) is 7.10. The maximum absolute atomic E-state index is 10.3. The van der Waals surface area contributed by atoms with E-state index in [9.17, 15) is 4.79 Å². The minimum atomic E-state index is -1.16. The molecule has 1 rings (SSSR count). The number of nitrogens with one attached hydrogen (secondary N) is 1. The SMILES string of the molecule is NC(=NO)C(CC1CC1)NC(=O)O. The first-order chi connectivity index (χ1) is 6.13. The van der Waals surface area contributed by atoms with Gasteiger partial charge in [-0.3, -0.25) is 0 Å². The van der Waals surface area contributed by atoms with E-state index in [0.29, 0.717) is 12.3 Å². The fourth-order valence-electron chi connectivity index (χ4n) is 1.16. The quantitative estimate of drug-likeness (QED) is 0.218. The highest BCUT2D eigenvalue weighted by Crippen LogP contribution is 2.33. The molecule has 1 aliphatic rings. The number of amides is 1. The summed E-state index contributed by atoms with van der Waals surface area (Å²) < 4.78 is 0. The summed E-state index contributed by atoms with van der Waals surface area (Å²) in [7, 11) is 0. The third-order valence-corrected chi connectivity index (χ3v) is 2.04. The summed E-state index contributed by atoms with van der Waals surface area (Å²) in [6.45, 7) is 0. The smallest absolute Gasteiger partial charge is 0.405 e. The first-order valence-corrected chi connectivity index (χ1v) is 4.10. The van der Waals surface area contributed by atoms with E-state index in [1.165, 1.54) is 0 Å². The van der Waals surface area contributed by atoms with Gasteiger partial charge in [-0.25, -0.2) is 4.79 Å². The van der Waals surface area contributed by atoms with Gasteiger partial charge in [0.1, 0.15) is 0 Å². The first kappa shape index (κ1) is 9.63. The van der Waals surface area contributed by atoms with E-state index in [1.807, 2.05) is 0 Å². The Balaban J connectivity index is 2.46. The largest absolute Gasteiger partial charge is 0.465 e. The van der Waals surface area contributed by atoms with Crippen molar-refractivity contribution in [2.45, 2.75) is 25.3 Å². The number of carbonyl (C=O) groups is 1. The van der Waals surface area contributed by atoms with Crippen LogP contribution in [0.1, 0.15) is 19.3 Å². The van der Waals surface area contributed by atoms with Gasteiger partial charge in [0.05, 0.1) is 6.04 Å². The van der Waals surface area contributed by atoms with E-state index in [-0.39, 0.29) is 5.84 Å². The summed E-state index contributed by atoms with van der Waals surface area (Å²) >= 11 is 0. The van der Waals surface area contributed by atoms with Crippen molar-refractivity contribution in [1.82, 2.24) is 5.32 Å². The van der Waals surface area contributed by atoms with E-state index in [1.54, 1.807) is 0 Å². The van der Waals surface area contributed by atoms with Crippen molar-refractivity contribution < 1.29 is 15.1 Å². The van der Waals surface area contributed by atoms with E-state index >= 15 is 0 Å². The summed E-state index contributed by atoms with van der Waals surface area (Å²) in [4.78, 5) is 10.3. The van der Waals surface area contributed by atoms with Crippen LogP contribution in [0.25, 0.3) is 0 Å². The highest BCUT2D eigenvalue weighted by atomic mass is 16.4. The number of rotatable bonds is 4. The molecule has 0 aromatic rings. The molecule has 1 amide bonds. The van der Waals surface area contributed by atoms with Gasteiger partial charge in [0.2, 0.25) is 0 Å². The molecule has 0 aliphatic heterocycles. The molecule has 0 spiro atoms. The molecule has 13 heavy (non-hydrogen) atoms. The van der Waals surface area contributed by atoms with Crippen molar-refractivity contribution in [3.05, 3.63) is 0 Å². The lowest BCUT2D eigenvalue weighted by Crippen LogP contribution is -2.44. The van der Waals surface area contributed by atoms with E-state index < -0.39 is 12.1 Å².